The van der Waals surface area contributed by atoms with Crippen molar-refractivity contribution in [2.24, 2.45) is 0 Å². The van der Waals surface area contributed by atoms with Crippen LogP contribution in [-0.2, 0) is 0 Å². The highest BCUT2D eigenvalue weighted by atomic mass is 32.1. The van der Waals surface area contributed by atoms with E-state index in [-0.39, 0.29) is 11.9 Å². The zero-order valence-corrected chi connectivity index (χ0v) is 15.5. The van der Waals surface area contributed by atoms with E-state index in [2.05, 4.69) is 34.5 Å². The fraction of sp³-hybridized carbons (Fsp3) is 0.368. The molecule has 1 aliphatic rings. The van der Waals surface area contributed by atoms with Gasteiger partial charge < -0.3 is 9.84 Å². The Labute approximate surface area is 155 Å². The quantitative estimate of drug-likeness (QED) is 0.736. The molecule has 3 aromatic rings. The molecule has 0 aliphatic heterocycles. The molecular formula is C19H20N4O2S. The fourth-order valence-electron chi connectivity index (χ4n) is 2.96. The third-order valence-corrected chi connectivity index (χ3v) is 5.96. The van der Waals surface area contributed by atoms with Crippen molar-refractivity contribution in [2.45, 2.75) is 44.6 Å². The normalized spacial score (nSPS) is 19.3. The van der Waals surface area contributed by atoms with Crippen LogP contribution in [0.3, 0.4) is 0 Å². The molecule has 26 heavy (non-hydrogen) atoms. The summed E-state index contributed by atoms with van der Waals surface area (Å²) in [5, 5.41) is 17.6. The molecule has 7 heteroatoms. The van der Waals surface area contributed by atoms with Crippen LogP contribution in [0.4, 0.5) is 0 Å². The highest BCUT2D eigenvalue weighted by Crippen LogP contribution is 2.39. The molecule has 4 rings (SSSR count). The Balaban J connectivity index is 1.33. The molecule has 6 nitrogen and oxygen atoms in total. The molecule has 1 fully saturated rings. The molecule has 0 radical (unpaired) electrons. The molecule has 1 aromatic carbocycles. The van der Waals surface area contributed by atoms with Crippen molar-refractivity contribution in [2.75, 3.05) is 0 Å². The smallest absolute Gasteiger partial charge is 0.273 e. The van der Waals surface area contributed by atoms with Crippen LogP contribution in [0, 0.1) is 0 Å². The van der Waals surface area contributed by atoms with E-state index >= 15 is 0 Å². The Morgan fingerprint density at radius 1 is 1.23 bits per heavy atom. The summed E-state index contributed by atoms with van der Waals surface area (Å²) in [7, 11) is 0. The van der Waals surface area contributed by atoms with Crippen molar-refractivity contribution in [1.29, 1.82) is 0 Å². The molecule has 0 unspecified atom stereocenters. The number of nitrogens with one attached hydrogen (secondary N) is 1. The van der Waals surface area contributed by atoms with Gasteiger partial charge in [-0.3, -0.25) is 4.79 Å². The first kappa shape index (κ1) is 16.9. The maximum atomic E-state index is 12.4. The van der Waals surface area contributed by atoms with E-state index in [0.717, 1.165) is 28.4 Å². The van der Waals surface area contributed by atoms with Gasteiger partial charge >= 0.3 is 0 Å². The molecule has 0 saturated heterocycles. The molecule has 0 spiro atoms. The molecule has 1 N–H and O–H groups in total. The van der Waals surface area contributed by atoms with Gasteiger partial charge in [0.05, 0.1) is 0 Å². The van der Waals surface area contributed by atoms with Gasteiger partial charge in [0.15, 0.2) is 11.5 Å². The third kappa shape index (κ3) is 3.39. The molecular weight excluding hydrogens is 348 g/mol. The topological polar surface area (TPSA) is 80.9 Å². The van der Waals surface area contributed by atoms with Gasteiger partial charge in [0.25, 0.3) is 5.91 Å². The molecule has 2 heterocycles. The second-order valence-electron chi connectivity index (χ2n) is 6.91. The van der Waals surface area contributed by atoms with Crippen molar-refractivity contribution >= 4 is 17.2 Å². The van der Waals surface area contributed by atoms with Gasteiger partial charge in [-0.2, -0.15) is 0 Å². The number of benzene rings is 1. The zero-order valence-electron chi connectivity index (χ0n) is 14.7. The highest BCUT2D eigenvalue weighted by Gasteiger charge is 2.34. The summed E-state index contributed by atoms with van der Waals surface area (Å²) in [4.78, 5) is 12.4. The Morgan fingerprint density at radius 2 is 2.00 bits per heavy atom. The van der Waals surface area contributed by atoms with Gasteiger partial charge in [0, 0.05) is 29.5 Å². The lowest BCUT2D eigenvalue weighted by Gasteiger charge is -2.33. The van der Waals surface area contributed by atoms with Crippen LogP contribution in [0.1, 0.15) is 59.0 Å². The van der Waals surface area contributed by atoms with Crippen LogP contribution in [0.2, 0.25) is 0 Å². The van der Waals surface area contributed by atoms with Gasteiger partial charge in [-0.25, -0.2) is 0 Å². The lowest BCUT2D eigenvalue weighted by Crippen LogP contribution is -2.43. The summed E-state index contributed by atoms with van der Waals surface area (Å²) in [5.41, 5.74) is 1.21. The van der Waals surface area contributed by atoms with Crippen molar-refractivity contribution in [3.05, 3.63) is 52.1 Å². The van der Waals surface area contributed by atoms with Gasteiger partial charge in [0.1, 0.15) is 10.0 Å². The van der Waals surface area contributed by atoms with E-state index < -0.39 is 0 Å². The molecule has 2 aromatic heterocycles. The van der Waals surface area contributed by atoms with E-state index in [9.17, 15) is 4.79 Å². The summed E-state index contributed by atoms with van der Waals surface area (Å²) < 4.78 is 5.29. The second-order valence-corrected chi connectivity index (χ2v) is 7.96. The van der Waals surface area contributed by atoms with Crippen molar-refractivity contribution in [1.82, 2.24) is 20.7 Å². The number of rotatable bonds is 5. The third-order valence-electron chi connectivity index (χ3n) is 4.57. The van der Waals surface area contributed by atoms with Crippen LogP contribution in [0.5, 0.6) is 0 Å². The van der Waals surface area contributed by atoms with Crippen molar-refractivity contribution < 1.29 is 9.32 Å². The molecule has 1 saturated carbocycles. The van der Waals surface area contributed by atoms with Gasteiger partial charge in [-0.1, -0.05) is 49.3 Å². The van der Waals surface area contributed by atoms with Crippen LogP contribution in [0.15, 0.2) is 40.9 Å². The van der Waals surface area contributed by atoms with Gasteiger partial charge in [-0.15, -0.1) is 21.5 Å². The van der Waals surface area contributed by atoms with Crippen LogP contribution in [-0.4, -0.2) is 27.3 Å². The second kappa shape index (κ2) is 6.99. The van der Waals surface area contributed by atoms with Crippen LogP contribution in [0.25, 0.3) is 11.3 Å². The number of carbonyl (C=O) groups excluding carboxylic acids is 1. The molecule has 0 atom stereocenters. The summed E-state index contributed by atoms with van der Waals surface area (Å²) in [6, 6.07) is 11.5. The van der Waals surface area contributed by atoms with E-state index in [0.29, 0.717) is 23.3 Å². The van der Waals surface area contributed by atoms with Gasteiger partial charge in [0.2, 0.25) is 0 Å². The standard InChI is InChI=1S/C19H20N4O2S/c1-11(2)18-21-22-19(26-18)13-8-14(9-13)20-17(24)15-10-16(25-23-15)12-6-4-3-5-7-12/h3-7,10-11,13-14H,8-9H2,1-2H3,(H,20,24). The first-order valence-electron chi connectivity index (χ1n) is 8.76. The predicted molar refractivity (Wildman–Crippen MR) is 99.2 cm³/mol. The minimum absolute atomic E-state index is 0.149. The predicted octanol–water partition coefficient (Wildman–Crippen LogP) is 3.99. The molecule has 0 bridgehead atoms. The lowest BCUT2D eigenvalue weighted by atomic mass is 9.80. The highest BCUT2D eigenvalue weighted by molar-refractivity contribution is 7.11. The average molecular weight is 368 g/mol. The summed E-state index contributed by atoms with van der Waals surface area (Å²) >= 11 is 1.68. The molecule has 1 aliphatic carbocycles. The average Bonchev–Trinajstić information content (AvgIpc) is 3.28. The monoisotopic (exact) mass is 368 g/mol. The van der Waals surface area contributed by atoms with Crippen LogP contribution < -0.4 is 5.32 Å². The number of amides is 1. The fourth-order valence-corrected chi connectivity index (χ4v) is 3.93. The molecule has 1 amide bonds. The van der Waals surface area contributed by atoms with E-state index in [1.807, 2.05) is 30.3 Å². The molecule has 134 valence electrons. The Morgan fingerprint density at radius 3 is 2.69 bits per heavy atom. The first-order chi connectivity index (χ1) is 12.6. The maximum absolute atomic E-state index is 12.4. The summed E-state index contributed by atoms with van der Waals surface area (Å²) in [6.07, 6.45) is 1.78. The Kier molecular flexibility index (Phi) is 4.55. The zero-order chi connectivity index (χ0) is 18.1. The summed E-state index contributed by atoms with van der Waals surface area (Å²) in [6.45, 7) is 4.24. The summed E-state index contributed by atoms with van der Waals surface area (Å²) in [5.74, 6) is 1.20. The van der Waals surface area contributed by atoms with E-state index in [1.54, 1.807) is 17.4 Å². The van der Waals surface area contributed by atoms with Crippen LogP contribution >= 0.6 is 11.3 Å². The maximum Gasteiger partial charge on any atom is 0.273 e. The van der Waals surface area contributed by atoms with Gasteiger partial charge in [-0.05, 0) is 12.8 Å². The number of nitrogens with zero attached hydrogens (tertiary/aromatic N) is 3. The van der Waals surface area contributed by atoms with Crippen molar-refractivity contribution in [3.8, 4) is 11.3 Å². The minimum atomic E-state index is -0.195. The minimum Gasteiger partial charge on any atom is -0.355 e. The largest absolute Gasteiger partial charge is 0.355 e. The Bertz CT molecular complexity index is 897. The number of carbonyl (C=O) groups is 1. The lowest BCUT2D eigenvalue weighted by molar-refractivity contribution is 0.0899. The van der Waals surface area contributed by atoms with Crippen molar-refractivity contribution in [3.63, 3.8) is 0 Å². The van der Waals surface area contributed by atoms with E-state index in [4.69, 9.17) is 4.52 Å². The first-order valence-corrected chi connectivity index (χ1v) is 9.58. The van der Waals surface area contributed by atoms with E-state index in [1.165, 1.54) is 0 Å². The Hall–Kier alpha value is -2.54. The SMILES string of the molecule is CC(C)c1nnc(C2CC(NC(=O)c3cc(-c4ccccc4)on3)C2)s1. The number of aromatic nitrogens is 3. The number of hydrogen-bond donors (Lipinski definition) is 1. The number of hydrogen-bond acceptors (Lipinski definition) is 6.